The number of rotatable bonds is 3. The van der Waals surface area contributed by atoms with Gasteiger partial charge >= 0.3 is 0 Å². The van der Waals surface area contributed by atoms with Crippen LogP contribution in [0.3, 0.4) is 0 Å². The second kappa shape index (κ2) is 4.65. The highest BCUT2D eigenvalue weighted by molar-refractivity contribution is 5.92. The predicted molar refractivity (Wildman–Crippen MR) is 67.1 cm³/mol. The van der Waals surface area contributed by atoms with E-state index >= 15 is 0 Å². The molecule has 0 bridgehead atoms. The highest BCUT2D eigenvalue weighted by Crippen LogP contribution is 2.37. The van der Waals surface area contributed by atoms with Crippen molar-refractivity contribution in [1.29, 1.82) is 0 Å². The second-order valence-corrected chi connectivity index (χ2v) is 5.10. The summed E-state index contributed by atoms with van der Waals surface area (Å²) in [6, 6.07) is 1.89. The minimum Gasteiger partial charge on any atom is -0.333 e. The van der Waals surface area contributed by atoms with E-state index in [0.29, 0.717) is 18.2 Å². The Hall–Kier alpha value is -1.49. The van der Waals surface area contributed by atoms with E-state index in [4.69, 9.17) is 5.73 Å². The molecule has 96 valence electrons. The van der Waals surface area contributed by atoms with Crippen molar-refractivity contribution < 1.29 is 4.79 Å². The number of carbonyl (C=O) groups excluding carboxylic acids is 1. The molecule has 1 atom stereocenters. The lowest BCUT2D eigenvalue weighted by Crippen LogP contribution is -2.40. The number of aromatic nitrogens is 2. The molecule has 5 nitrogen and oxygen atoms in total. The monoisotopic (exact) mass is 246 g/mol. The number of amides is 1. The molecule has 1 aromatic heterocycles. The van der Waals surface area contributed by atoms with Crippen LogP contribution in [-0.2, 0) is 0 Å². The molecule has 1 saturated carbocycles. The van der Waals surface area contributed by atoms with Crippen LogP contribution >= 0.6 is 0 Å². The van der Waals surface area contributed by atoms with Crippen molar-refractivity contribution in [2.75, 3.05) is 13.1 Å². The van der Waals surface area contributed by atoms with Gasteiger partial charge in [-0.1, -0.05) is 0 Å². The molecule has 1 amide bonds. The maximum absolute atomic E-state index is 12.4. The topological polar surface area (TPSA) is 72.1 Å². The zero-order valence-electron chi connectivity index (χ0n) is 10.4. The first-order valence-corrected chi connectivity index (χ1v) is 6.63. The lowest BCUT2D eigenvalue weighted by atomic mass is 10.2. The summed E-state index contributed by atoms with van der Waals surface area (Å²) in [4.78, 5) is 22.9. The van der Waals surface area contributed by atoms with Crippen LogP contribution in [0.5, 0.6) is 0 Å². The molecule has 3 rings (SSSR count). The largest absolute Gasteiger partial charge is 0.333 e. The summed E-state index contributed by atoms with van der Waals surface area (Å²) in [7, 11) is 0. The van der Waals surface area contributed by atoms with Crippen molar-refractivity contribution in [3.05, 3.63) is 23.8 Å². The zero-order chi connectivity index (χ0) is 12.5. The summed E-state index contributed by atoms with van der Waals surface area (Å²) in [5, 5.41) is 0. The maximum Gasteiger partial charge on any atom is 0.272 e. The standard InChI is InChI=1S/C13H18N4O/c14-8-10-2-1-7-17(10)13(18)11-5-6-15-12(16-11)9-3-4-9/h5-6,9-10H,1-4,7-8,14H2. The van der Waals surface area contributed by atoms with Crippen LogP contribution in [0.15, 0.2) is 12.3 Å². The summed E-state index contributed by atoms with van der Waals surface area (Å²) in [5.74, 6) is 1.30. The number of likely N-dealkylation sites (tertiary alicyclic amines) is 1. The quantitative estimate of drug-likeness (QED) is 0.860. The van der Waals surface area contributed by atoms with E-state index in [9.17, 15) is 4.79 Å². The predicted octanol–water partition coefficient (Wildman–Crippen LogP) is 0.917. The molecular weight excluding hydrogens is 228 g/mol. The number of nitrogens with zero attached hydrogens (tertiary/aromatic N) is 3. The third-order valence-electron chi connectivity index (χ3n) is 3.75. The van der Waals surface area contributed by atoms with E-state index in [1.54, 1.807) is 12.3 Å². The van der Waals surface area contributed by atoms with Gasteiger partial charge in [0.1, 0.15) is 11.5 Å². The van der Waals surface area contributed by atoms with Crippen LogP contribution < -0.4 is 5.73 Å². The van der Waals surface area contributed by atoms with Crippen LogP contribution in [0.1, 0.15) is 47.9 Å². The fourth-order valence-electron chi connectivity index (χ4n) is 2.53. The fraction of sp³-hybridized carbons (Fsp3) is 0.615. The Balaban J connectivity index is 1.80. The summed E-state index contributed by atoms with van der Waals surface area (Å²) in [6.07, 6.45) is 6.03. The molecule has 0 radical (unpaired) electrons. The average Bonchev–Trinajstić information content (AvgIpc) is 3.16. The fourth-order valence-corrected chi connectivity index (χ4v) is 2.53. The highest BCUT2D eigenvalue weighted by Gasteiger charge is 2.31. The first-order chi connectivity index (χ1) is 8.79. The van der Waals surface area contributed by atoms with Crippen LogP contribution in [-0.4, -0.2) is 39.9 Å². The normalized spacial score (nSPS) is 23.4. The molecule has 1 saturated heterocycles. The highest BCUT2D eigenvalue weighted by atomic mass is 16.2. The van der Waals surface area contributed by atoms with Crippen molar-refractivity contribution in [3.8, 4) is 0 Å². The van der Waals surface area contributed by atoms with E-state index in [0.717, 1.165) is 38.1 Å². The van der Waals surface area contributed by atoms with Crippen LogP contribution in [0.2, 0.25) is 0 Å². The Labute approximate surface area is 106 Å². The molecule has 2 fully saturated rings. The van der Waals surface area contributed by atoms with Gasteiger partial charge in [-0.25, -0.2) is 9.97 Å². The van der Waals surface area contributed by atoms with Crippen molar-refractivity contribution in [1.82, 2.24) is 14.9 Å². The van der Waals surface area contributed by atoms with Gasteiger partial charge in [-0.05, 0) is 31.7 Å². The van der Waals surface area contributed by atoms with Gasteiger partial charge in [0.25, 0.3) is 5.91 Å². The van der Waals surface area contributed by atoms with E-state index in [1.165, 1.54) is 0 Å². The van der Waals surface area contributed by atoms with Crippen molar-refractivity contribution >= 4 is 5.91 Å². The molecule has 1 aromatic rings. The number of hydrogen-bond donors (Lipinski definition) is 1. The maximum atomic E-state index is 12.4. The molecule has 0 spiro atoms. The van der Waals surface area contributed by atoms with Crippen LogP contribution in [0.25, 0.3) is 0 Å². The molecule has 2 aliphatic rings. The van der Waals surface area contributed by atoms with E-state index in [-0.39, 0.29) is 11.9 Å². The van der Waals surface area contributed by atoms with Crippen LogP contribution in [0, 0.1) is 0 Å². The smallest absolute Gasteiger partial charge is 0.272 e. The molecule has 18 heavy (non-hydrogen) atoms. The third-order valence-corrected chi connectivity index (χ3v) is 3.75. The molecule has 5 heteroatoms. The SMILES string of the molecule is NCC1CCCN1C(=O)c1ccnc(C2CC2)n1. The van der Waals surface area contributed by atoms with Gasteiger partial charge < -0.3 is 10.6 Å². The number of carbonyl (C=O) groups is 1. The summed E-state index contributed by atoms with van der Waals surface area (Å²) in [6.45, 7) is 1.33. The summed E-state index contributed by atoms with van der Waals surface area (Å²) >= 11 is 0. The third kappa shape index (κ3) is 2.10. The van der Waals surface area contributed by atoms with Crippen LogP contribution in [0.4, 0.5) is 0 Å². The zero-order valence-corrected chi connectivity index (χ0v) is 10.4. The first kappa shape index (κ1) is 11.6. The first-order valence-electron chi connectivity index (χ1n) is 6.63. The van der Waals surface area contributed by atoms with Gasteiger partial charge in [0.05, 0.1) is 0 Å². The summed E-state index contributed by atoms with van der Waals surface area (Å²) < 4.78 is 0. The van der Waals surface area contributed by atoms with Gasteiger partial charge in [-0.3, -0.25) is 4.79 Å². The Morgan fingerprint density at radius 3 is 3.00 bits per heavy atom. The Kier molecular flexibility index (Phi) is 2.99. The average molecular weight is 246 g/mol. The minimum atomic E-state index is 0.00671. The molecule has 1 unspecified atom stereocenters. The molecule has 1 aliphatic heterocycles. The lowest BCUT2D eigenvalue weighted by molar-refractivity contribution is 0.0734. The van der Waals surface area contributed by atoms with E-state index < -0.39 is 0 Å². The van der Waals surface area contributed by atoms with Crippen molar-refractivity contribution in [3.63, 3.8) is 0 Å². The minimum absolute atomic E-state index is 0.00671. The Bertz CT molecular complexity index is 458. The Morgan fingerprint density at radius 1 is 1.44 bits per heavy atom. The van der Waals surface area contributed by atoms with E-state index in [2.05, 4.69) is 9.97 Å². The lowest BCUT2D eigenvalue weighted by Gasteiger charge is -2.23. The van der Waals surface area contributed by atoms with Crippen molar-refractivity contribution in [2.45, 2.75) is 37.6 Å². The molecule has 0 aromatic carbocycles. The van der Waals surface area contributed by atoms with Gasteiger partial charge in [-0.15, -0.1) is 0 Å². The van der Waals surface area contributed by atoms with E-state index in [1.807, 2.05) is 4.90 Å². The number of hydrogen-bond acceptors (Lipinski definition) is 4. The van der Waals surface area contributed by atoms with Gasteiger partial charge in [0.15, 0.2) is 0 Å². The Morgan fingerprint density at radius 2 is 2.28 bits per heavy atom. The number of nitrogens with two attached hydrogens (primary N) is 1. The van der Waals surface area contributed by atoms with Gasteiger partial charge in [0.2, 0.25) is 0 Å². The van der Waals surface area contributed by atoms with Crippen molar-refractivity contribution in [2.24, 2.45) is 5.73 Å². The second-order valence-electron chi connectivity index (χ2n) is 5.10. The molecule has 1 aliphatic carbocycles. The molecular formula is C13H18N4O. The molecule has 2 N–H and O–H groups in total. The van der Waals surface area contributed by atoms with Gasteiger partial charge in [0, 0.05) is 31.2 Å². The summed E-state index contributed by atoms with van der Waals surface area (Å²) in [5.41, 5.74) is 6.22. The molecule has 2 heterocycles. The van der Waals surface area contributed by atoms with Gasteiger partial charge in [-0.2, -0.15) is 0 Å².